The van der Waals surface area contributed by atoms with E-state index in [-0.39, 0.29) is 5.56 Å². The molecule has 0 saturated heterocycles. The van der Waals surface area contributed by atoms with Gasteiger partial charge in [0, 0.05) is 11.8 Å². The molecule has 2 aromatic rings. The summed E-state index contributed by atoms with van der Waals surface area (Å²) in [5, 5.41) is 11.9. The Bertz CT molecular complexity index is 783. The van der Waals surface area contributed by atoms with Crippen LogP contribution in [0.25, 0.3) is 0 Å². The zero-order valence-corrected chi connectivity index (χ0v) is 13.6. The highest BCUT2D eigenvalue weighted by molar-refractivity contribution is 5.86. The smallest absolute Gasteiger partial charge is 0.330 e. The Hall–Kier alpha value is -2.89. The average molecular weight is 328 g/mol. The summed E-state index contributed by atoms with van der Waals surface area (Å²) in [4.78, 5) is 36.3. The minimum absolute atomic E-state index is 0.258. The zero-order chi connectivity index (χ0) is 17.7. The van der Waals surface area contributed by atoms with E-state index in [2.05, 4.69) is 5.32 Å². The number of benzene rings is 1. The lowest BCUT2D eigenvalue weighted by Gasteiger charge is -2.21. The predicted octanol–water partition coefficient (Wildman–Crippen LogP) is 2.05. The summed E-state index contributed by atoms with van der Waals surface area (Å²) < 4.78 is 1.34. The second-order valence-corrected chi connectivity index (χ2v) is 5.52. The highest BCUT2D eigenvalue weighted by Gasteiger charge is 2.27. The van der Waals surface area contributed by atoms with Crippen LogP contribution in [0, 0.1) is 6.92 Å². The molecule has 2 atom stereocenters. The van der Waals surface area contributed by atoms with Crippen molar-refractivity contribution in [2.75, 3.05) is 0 Å². The van der Waals surface area contributed by atoms with Gasteiger partial charge in [0.25, 0.3) is 5.56 Å². The summed E-state index contributed by atoms with van der Waals surface area (Å²) in [6.07, 6.45) is 1.91. The standard InChI is InChI=1S/C18H20N2O4/c1-3-14(20-11-7-8-12(2)17(20)22)16(21)19-15(18(23)24)13-9-5-4-6-10-13/h4-11,14-15H,3H2,1-2H3,(H,19,21)(H,23,24). The number of nitrogens with zero attached hydrogens (tertiary/aromatic N) is 1. The number of aryl methyl sites for hydroxylation is 1. The fraction of sp³-hybridized carbons (Fsp3) is 0.278. The van der Waals surface area contributed by atoms with Gasteiger partial charge >= 0.3 is 5.97 Å². The number of aromatic nitrogens is 1. The van der Waals surface area contributed by atoms with Crippen LogP contribution < -0.4 is 10.9 Å². The zero-order valence-electron chi connectivity index (χ0n) is 13.6. The van der Waals surface area contributed by atoms with Gasteiger partial charge in [0.1, 0.15) is 6.04 Å². The minimum atomic E-state index is -1.16. The summed E-state index contributed by atoms with van der Waals surface area (Å²) in [6.45, 7) is 3.45. The third-order valence-electron chi connectivity index (χ3n) is 3.86. The van der Waals surface area contributed by atoms with Crippen LogP contribution in [0.4, 0.5) is 0 Å². The molecular weight excluding hydrogens is 308 g/mol. The molecule has 0 aliphatic heterocycles. The molecule has 2 rings (SSSR count). The van der Waals surface area contributed by atoms with Gasteiger partial charge < -0.3 is 15.0 Å². The number of carboxylic acid groups (broad SMARTS) is 1. The molecule has 1 amide bonds. The van der Waals surface area contributed by atoms with Crippen LogP contribution >= 0.6 is 0 Å². The second-order valence-electron chi connectivity index (χ2n) is 5.52. The minimum Gasteiger partial charge on any atom is -0.479 e. The summed E-state index contributed by atoms with van der Waals surface area (Å²) in [5.74, 6) is -1.65. The summed E-state index contributed by atoms with van der Waals surface area (Å²) >= 11 is 0. The van der Waals surface area contributed by atoms with E-state index in [1.807, 2.05) is 0 Å². The van der Waals surface area contributed by atoms with Crippen molar-refractivity contribution in [3.63, 3.8) is 0 Å². The highest BCUT2D eigenvalue weighted by Crippen LogP contribution is 2.16. The highest BCUT2D eigenvalue weighted by atomic mass is 16.4. The van der Waals surface area contributed by atoms with Gasteiger partial charge in [-0.25, -0.2) is 4.79 Å². The number of hydrogen-bond acceptors (Lipinski definition) is 3. The largest absolute Gasteiger partial charge is 0.479 e. The van der Waals surface area contributed by atoms with Crippen molar-refractivity contribution in [1.82, 2.24) is 9.88 Å². The van der Waals surface area contributed by atoms with Crippen molar-refractivity contribution in [2.45, 2.75) is 32.4 Å². The van der Waals surface area contributed by atoms with Gasteiger partial charge in [-0.1, -0.05) is 43.3 Å². The van der Waals surface area contributed by atoms with Gasteiger partial charge in [-0.15, -0.1) is 0 Å². The van der Waals surface area contributed by atoms with E-state index in [0.717, 1.165) is 0 Å². The van der Waals surface area contributed by atoms with Crippen molar-refractivity contribution >= 4 is 11.9 Å². The maximum Gasteiger partial charge on any atom is 0.330 e. The Balaban J connectivity index is 2.29. The molecule has 2 unspecified atom stereocenters. The van der Waals surface area contributed by atoms with E-state index in [4.69, 9.17) is 0 Å². The number of rotatable bonds is 6. The normalized spacial score (nSPS) is 13.1. The first kappa shape index (κ1) is 17.5. The first-order chi connectivity index (χ1) is 11.5. The van der Waals surface area contributed by atoms with E-state index < -0.39 is 24.0 Å². The second kappa shape index (κ2) is 7.59. The lowest BCUT2D eigenvalue weighted by molar-refractivity contribution is -0.142. The van der Waals surface area contributed by atoms with Crippen LogP contribution in [0.1, 0.15) is 36.6 Å². The van der Waals surface area contributed by atoms with Crippen molar-refractivity contribution in [2.24, 2.45) is 0 Å². The Morgan fingerprint density at radius 2 is 1.83 bits per heavy atom. The van der Waals surface area contributed by atoms with Crippen LogP contribution in [-0.4, -0.2) is 21.6 Å². The molecule has 0 aliphatic rings. The maximum atomic E-state index is 12.6. The summed E-state index contributed by atoms with van der Waals surface area (Å²) in [7, 11) is 0. The molecule has 0 radical (unpaired) electrons. The Kier molecular flexibility index (Phi) is 5.52. The lowest BCUT2D eigenvalue weighted by atomic mass is 10.1. The quantitative estimate of drug-likeness (QED) is 0.849. The molecular formula is C18H20N2O4. The molecule has 1 aromatic carbocycles. The molecule has 6 heteroatoms. The third-order valence-corrected chi connectivity index (χ3v) is 3.86. The molecule has 0 bridgehead atoms. The van der Waals surface area contributed by atoms with E-state index in [1.54, 1.807) is 62.5 Å². The first-order valence-corrected chi connectivity index (χ1v) is 7.71. The molecule has 1 heterocycles. The van der Waals surface area contributed by atoms with Crippen LogP contribution in [-0.2, 0) is 9.59 Å². The lowest BCUT2D eigenvalue weighted by Crippen LogP contribution is -2.41. The molecule has 24 heavy (non-hydrogen) atoms. The van der Waals surface area contributed by atoms with E-state index in [0.29, 0.717) is 17.5 Å². The first-order valence-electron chi connectivity index (χ1n) is 7.71. The molecule has 0 spiro atoms. The monoisotopic (exact) mass is 328 g/mol. The summed E-state index contributed by atoms with van der Waals surface area (Å²) in [6, 6.07) is 9.91. The number of hydrogen-bond donors (Lipinski definition) is 2. The molecule has 126 valence electrons. The molecule has 2 N–H and O–H groups in total. The number of carbonyl (C=O) groups is 2. The molecule has 0 fully saturated rings. The fourth-order valence-electron chi connectivity index (χ4n) is 2.55. The molecule has 1 aromatic heterocycles. The number of carbonyl (C=O) groups excluding carboxylic acids is 1. The predicted molar refractivity (Wildman–Crippen MR) is 89.7 cm³/mol. The number of amides is 1. The number of nitrogens with one attached hydrogen (secondary N) is 1. The van der Waals surface area contributed by atoms with Crippen LogP contribution in [0.2, 0.25) is 0 Å². The van der Waals surface area contributed by atoms with Gasteiger partial charge in [-0.05, 0) is 25.0 Å². The molecule has 0 saturated carbocycles. The van der Waals surface area contributed by atoms with Crippen LogP contribution in [0.3, 0.4) is 0 Å². The molecule has 0 aliphatic carbocycles. The van der Waals surface area contributed by atoms with E-state index in [9.17, 15) is 19.5 Å². The van der Waals surface area contributed by atoms with Crippen LogP contribution in [0.5, 0.6) is 0 Å². The number of pyridine rings is 1. The van der Waals surface area contributed by atoms with E-state index >= 15 is 0 Å². The number of aliphatic carboxylic acids is 1. The maximum absolute atomic E-state index is 12.6. The fourth-order valence-corrected chi connectivity index (χ4v) is 2.55. The summed E-state index contributed by atoms with van der Waals surface area (Å²) in [5.41, 5.74) is 0.748. The Morgan fingerprint density at radius 1 is 1.17 bits per heavy atom. The van der Waals surface area contributed by atoms with Crippen molar-refractivity contribution in [3.05, 3.63) is 70.1 Å². The van der Waals surface area contributed by atoms with Gasteiger partial charge in [-0.3, -0.25) is 9.59 Å². The van der Waals surface area contributed by atoms with Gasteiger partial charge in [0.15, 0.2) is 6.04 Å². The molecule has 6 nitrogen and oxygen atoms in total. The van der Waals surface area contributed by atoms with Crippen LogP contribution in [0.15, 0.2) is 53.5 Å². The van der Waals surface area contributed by atoms with Gasteiger partial charge in [0.05, 0.1) is 0 Å². The van der Waals surface area contributed by atoms with Gasteiger partial charge in [0.2, 0.25) is 5.91 Å². The Morgan fingerprint density at radius 3 is 2.42 bits per heavy atom. The Labute approximate surface area is 139 Å². The topological polar surface area (TPSA) is 88.4 Å². The third kappa shape index (κ3) is 3.71. The van der Waals surface area contributed by atoms with E-state index in [1.165, 1.54) is 4.57 Å². The van der Waals surface area contributed by atoms with Crippen molar-refractivity contribution in [3.8, 4) is 0 Å². The van der Waals surface area contributed by atoms with Crippen molar-refractivity contribution < 1.29 is 14.7 Å². The number of carboxylic acids is 1. The average Bonchev–Trinajstić information content (AvgIpc) is 2.57. The van der Waals surface area contributed by atoms with Gasteiger partial charge in [-0.2, -0.15) is 0 Å². The SMILES string of the molecule is CCC(C(=O)NC(C(=O)O)c1ccccc1)n1cccc(C)c1=O. The van der Waals surface area contributed by atoms with Crippen molar-refractivity contribution in [1.29, 1.82) is 0 Å².